The summed E-state index contributed by atoms with van der Waals surface area (Å²) in [5.74, 6) is 1.52. The molecular formula is C14H18O2. The van der Waals surface area contributed by atoms with Gasteiger partial charge in [0.05, 0.1) is 0 Å². The summed E-state index contributed by atoms with van der Waals surface area (Å²) in [7, 11) is 0. The lowest BCUT2D eigenvalue weighted by molar-refractivity contribution is 0.102. The maximum Gasteiger partial charge on any atom is 0.150 e. The lowest BCUT2D eigenvalue weighted by atomic mass is 9.88. The molecule has 2 atom stereocenters. The molecule has 2 heteroatoms. The largest absolute Gasteiger partial charge is 0.490 e. The summed E-state index contributed by atoms with van der Waals surface area (Å²) in [6.07, 6.45) is 6.20. The molecule has 2 rings (SSSR count). The molecule has 0 spiro atoms. The second-order valence-electron chi connectivity index (χ2n) is 4.60. The molecule has 86 valence electrons. The van der Waals surface area contributed by atoms with Crippen LogP contribution in [0.15, 0.2) is 24.3 Å². The van der Waals surface area contributed by atoms with Gasteiger partial charge in [0.1, 0.15) is 18.1 Å². The summed E-state index contributed by atoms with van der Waals surface area (Å²) in [6.45, 7) is 2.25. The molecule has 2 unspecified atom stereocenters. The van der Waals surface area contributed by atoms with Gasteiger partial charge in [-0.3, -0.25) is 4.79 Å². The van der Waals surface area contributed by atoms with Gasteiger partial charge in [-0.25, -0.2) is 0 Å². The molecule has 1 aliphatic carbocycles. The van der Waals surface area contributed by atoms with Crippen LogP contribution >= 0.6 is 0 Å². The van der Waals surface area contributed by atoms with Crippen molar-refractivity contribution in [1.82, 2.24) is 0 Å². The zero-order chi connectivity index (χ0) is 11.4. The van der Waals surface area contributed by atoms with Crippen molar-refractivity contribution in [2.45, 2.75) is 38.7 Å². The molecule has 0 radical (unpaired) electrons. The van der Waals surface area contributed by atoms with Crippen LogP contribution in [0.2, 0.25) is 0 Å². The van der Waals surface area contributed by atoms with E-state index in [2.05, 4.69) is 6.92 Å². The number of hydrogen-bond donors (Lipinski definition) is 0. The van der Waals surface area contributed by atoms with Crippen molar-refractivity contribution in [3.8, 4) is 5.75 Å². The molecule has 0 aromatic heterocycles. The standard InChI is InChI=1S/C14H18O2/c1-11-4-2-3-5-14(11)16-13-8-6-12(10-15)7-9-13/h6-11,14H,2-5H2,1H3. The van der Waals surface area contributed by atoms with E-state index in [-0.39, 0.29) is 0 Å². The maximum absolute atomic E-state index is 10.5. The smallest absolute Gasteiger partial charge is 0.150 e. The monoisotopic (exact) mass is 218 g/mol. The number of ether oxygens (including phenoxy) is 1. The van der Waals surface area contributed by atoms with Crippen LogP contribution in [0.1, 0.15) is 43.0 Å². The molecule has 2 nitrogen and oxygen atoms in total. The first kappa shape index (κ1) is 11.2. The third kappa shape index (κ3) is 2.63. The molecule has 1 fully saturated rings. The number of rotatable bonds is 3. The highest BCUT2D eigenvalue weighted by Gasteiger charge is 2.22. The molecule has 0 saturated heterocycles. The second-order valence-corrected chi connectivity index (χ2v) is 4.60. The number of carbonyl (C=O) groups is 1. The van der Waals surface area contributed by atoms with Gasteiger partial charge in [0, 0.05) is 5.56 Å². The zero-order valence-electron chi connectivity index (χ0n) is 9.69. The Bertz CT molecular complexity index is 342. The zero-order valence-corrected chi connectivity index (χ0v) is 9.69. The Kier molecular flexibility index (Phi) is 3.60. The molecule has 0 amide bonds. The number of benzene rings is 1. The Labute approximate surface area is 96.6 Å². The van der Waals surface area contributed by atoms with Gasteiger partial charge in [-0.2, -0.15) is 0 Å². The van der Waals surface area contributed by atoms with Crippen LogP contribution in [-0.4, -0.2) is 12.4 Å². The van der Waals surface area contributed by atoms with Gasteiger partial charge in [-0.05, 0) is 49.4 Å². The minimum Gasteiger partial charge on any atom is -0.490 e. The Balaban J connectivity index is 1.99. The van der Waals surface area contributed by atoms with Gasteiger partial charge < -0.3 is 4.74 Å². The lowest BCUT2D eigenvalue weighted by Gasteiger charge is -2.29. The van der Waals surface area contributed by atoms with Gasteiger partial charge in [0.15, 0.2) is 0 Å². The van der Waals surface area contributed by atoms with E-state index in [0.717, 1.165) is 18.5 Å². The average molecular weight is 218 g/mol. The highest BCUT2D eigenvalue weighted by Crippen LogP contribution is 2.27. The van der Waals surface area contributed by atoms with E-state index in [1.165, 1.54) is 19.3 Å². The van der Waals surface area contributed by atoms with Gasteiger partial charge in [-0.1, -0.05) is 13.3 Å². The van der Waals surface area contributed by atoms with Crippen molar-refractivity contribution in [1.29, 1.82) is 0 Å². The summed E-state index contributed by atoms with van der Waals surface area (Å²) in [6, 6.07) is 7.36. The van der Waals surface area contributed by atoms with Crippen LogP contribution in [0.4, 0.5) is 0 Å². The number of aldehydes is 1. The highest BCUT2D eigenvalue weighted by atomic mass is 16.5. The molecule has 16 heavy (non-hydrogen) atoms. The van der Waals surface area contributed by atoms with E-state index in [9.17, 15) is 4.79 Å². The van der Waals surface area contributed by atoms with Crippen molar-refractivity contribution in [2.24, 2.45) is 5.92 Å². The SMILES string of the molecule is CC1CCCCC1Oc1ccc(C=O)cc1. The summed E-state index contributed by atoms with van der Waals surface area (Å²) in [4.78, 5) is 10.5. The fourth-order valence-corrected chi connectivity index (χ4v) is 2.26. The third-order valence-corrected chi connectivity index (χ3v) is 3.34. The lowest BCUT2D eigenvalue weighted by Crippen LogP contribution is -2.28. The molecule has 1 aromatic rings. The average Bonchev–Trinajstić information content (AvgIpc) is 2.33. The Morgan fingerprint density at radius 3 is 2.50 bits per heavy atom. The predicted molar refractivity (Wildman–Crippen MR) is 63.9 cm³/mol. The van der Waals surface area contributed by atoms with Crippen molar-refractivity contribution in [3.63, 3.8) is 0 Å². The van der Waals surface area contributed by atoms with E-state index in [1.807, 2.05) is 12.1 Å². The van der Waals surface area contributed by atoms with Crippen LogP contribution in [0.25, 0.3) is 0 Å². The van der Waals surface area contributed by atoms with Gasteiger partial charge in [0.25, 0.3) is 0 Å². The summed E-state index contributed by atoms with van der Waals surface area (Å²) < 4.78 is 5.95. The molecule has 0 aliphatic heterocycles. The van der Waals surface area contributed by atoms with Crippen LogP contribution in [0, 0.1) is 5.92 Å². The van der Waals surface area contributed by atoms with E-state index in [0.29, 0.717) is 17.6 Å². The van der Waals surface area contributed by atoms with Crippen molar-refractivity contribution >= 4 is 6.29 Å². The second kappa shape index (κ2) is 5.15. The summed E-state index contributed by atoms with van der Waals surface area (Å²) >= 11 is 0. The molecule has 0 N–H and O–H groups in total. The predicted octanol–water partition coefficient (Wildman–Crippen LogP) is 3.46. The van der Waals surface area contributed by atoms with E-state index in [1.54, 1.807) is 12.1 Å². The first-order chi connectivity index (χ1) is 7.79. The first-order valence-corrected chi connectivity index (χ1v) is 6.01. The van der Waals surface area contributed by atoms with Gasteiger partial charge in [-0.15, -0.1) is 0 Å². The summed E-state index contributed by atoms with van der Waals surface area (Å²) in [5, 5.41) is 0. The van der Waals surface area contributed by atoms with Gasteiger partial charge >= 0.3 is 0 Å². The first-order valence-electron chi connectivity index (χ1n) is 6.01. The van der Waals surface area contributed by atoms with Gasteiger partial charge in [0.2, 0.25) is 0 Å². The van der Waals surface area contributed by atoms with Crippen molar-refractivity contribution in [2.75, 3.05) is 0 Å². The Hall–Kier alpha value is -1.31. The quantitative estimate of drug-likeness (QED) is 0.726. The summed E-state index contributed by atoms with van der Waals surface area (Å²) in [5.41, 5.74) is 0.698. The Morgan fingerprint density at radius 1 is 1.19 bits per heavy atom. The van der Waals surface area contributed by atoms with Crippen molar-refractivity contribution < 1.29 is 9.53 Å². The fraction of sp³-hybridized carbons (Fsp3) is 0.500. The Morgan fingerprint density at radius 2 is 1.88 bits per heavy atom. The van der Waals surface area contributed by atoms with Crippen LogP contribution in [0.5, 0.6) is 5.75 Å². The molecule has 1 saturated carbocycles. The molecule has 1 aliphatic rings. The minimum atomic E-state index is 0.343. The maximum atomic E-state index is 10.5. The highest BCUT2D eigenvalue weighted by molar-refractivity contribution is 5.74. The molecule has 1 aromatic carbocycles. The molecular weight excluding hydrogens is 200 g/mol. The van der Waals surface area contributed by atoms with Crippen molar-refractivity contribution in [3.05, 3.63) is 29.8 Å². The van der Waals surface area contributed by atoms with Crippen LogP contribution in [-0.2, 0) is 0 Å². The minimum absolute atomic E-state index is 0.343. The topological polar surface area (TPSA) is 26.3 Å². The van der Waals surface area contributed by atoms with E-state index < -0.39 is 0 Å². The van der Waals surface area contributed by atoms with Crippen LogP contribution in [0.3, 0.4) is 0 Å². The molecule has 0 heterocycles. The fourth-order valence-electron chi connectivity index (χ4n) is 2.26. The number of carbonyl (C=O) groups excluding carboxylic acids is 1. The van der Waals surface area contributed by atoms with Crippen LogP contribution < -0.4 is 4.74 Å². The van der Waals surface area contributed by atoms with E-state index in [4.69, 9.17) is 4.74 Å². The third-order valence-electron chi connectivity index (χ3n) is 3.34. The van der Waals surface area contributed by atoms with E-state index >= 15 is 0 Å². The molecule has 0 bridgehead atoms. The number of hydrogen-bond acceptors (Lipinski definition) is 2. The normalized spacial score (nSPS) is 25.1.